The number of benzene rings is 1. The summed E-state index contributed by atoms with van der Waals surface area (Å²) in [5.74, 6) is -1.11. The topological polar surface area (TPSA) is 90.0 Å². The van der Waals surface area contributed by atoms with Crippen molar-refractivity contribution in [3.63, 3.8) is 0 Å². The van der Waals surface area contributed by atoms with Gasteiger partial charge in [-0.15, -0.1) is 0 Å². The molecule has 2 fully saturated rings. The van der Waals surface area contributed by atoms with Crippen molar-refractivity contribution in [2.75, 3.05) is 31.1 Å². The number of carbonyl (C=O) groups excluding carboxylic acids is 4. The van der Waals surface area contributed by atoms with Crippen LogP contribution < -0.4 is 10.2 Å². The molecule has 5 amide bonds. The molecule has 0 aliphatic carbocycles. The van der Waals surface area contributed by atoms with Crippen molar-refractivity contribution in [1.29, 1.82) is 0 Å². The Bertz CT molecular complexity index is 720. The predicted molar refractivity (Wildman–Crippen MR) is 90.1 cm³/mol. The van der Waals surface area contributed by atoms with Gasteiger partial charge in [-0.05, 0) is 31.2 Å². The van der Waals surface area contributed by atoms with E-state index in [9.17, 15) is 19.2 Å². The first-order chi connectivity index (χ1) is 11.9. The second kappa shape index (κ2) is 6.72. The number of anilines is 1. The van der Waals surface area contributed by atoms with Crippen LogP contribution in [0.4, 0.5) is 10.5 Å². The maximum absolute atomic E-state index is 12.5. The molecule has 0 aromatic heterocycles. The minimum absolute atomic E-state index is 0.105. The van der Waals surface area contributed by atoms with Crippen LogP contribution in [0.3, 0.4) is 0 Å². The number of nitrogens with zero attached hydrogens (tertiary/aromatic N) is 3. The average molecular weight is 365 g/mol. The van der Waals surface area contributed by atoms with Gasteiger partial charge in [0.1, 0.15) is 13.1 Å². The number of urea groups is 1. The third-order valence-electron chi connectivity index (χ3n) is 4.27. The fourth-order valence-corrected chi connectivity index (χ4v) is 3.02. The Labute approximate surface area is 149 Å². The maximum Gasteiger partial charge on any atom is 0.325 e. The lowest BCUT2D eigenvalue weighted by molar-refractivity contribution is -0.141. The first kappa shape index (κ1) is 17.2. The fourth-order valence-electron chi connectivity index (χ4n) is 2.90. The van der Waals surface area contributed by atoms with Crippen molar-refractivity contribution in [2.45, 2.75) is 13.0 Å². The monoisotopic (exact) mass is 364 g/mol. The van der Waals surface area contributed by atoms with Crippen LogP contribution in [0.2, 0.25) is 5.02 Å². The smallest absolute Gasteiger partial charge is 0.325 e. The standard InChI is InChI=1S/C16H17ClN4O4/c1-10-7-20(12-4-2-11(17)3-5-12)15(24)8-19(10)14(23)9-21-13(22)6-18-16(21)25/h2-5,10H,6-9H2,1H3,(H,18,25)/t10-/m0/s1. The molecule has 1 aromatic rings. The number of carbonyl (C=O) groups is 4. The lowest BCUT2D eigenvalue weighted by Crippen LogP contribution is -2.59. The Balaban J connectivity index is 1.68. The van der Waals surface area contributed by atoms with E-state index in [4.69, 9.17) is 11.6 Å². The summed E-state index contributed by atoms with van der Waals surface area (Å²) in [4.78, 5) is 51.9. The van der Waals surface area contributed by atoms with E-state index in [2.05, 4.69) is 5.32 Å². The van der Waals surface area contributed by atoms with Gasteiger partial charge in [-0.1, -0.05) is 11.6 Å². The lowest BCUT2D eigenvalue weighted by atomic mass is 10.1. The summed E-state index contributed by atoms with van der Waals surface area (Å²) in [7, 11) is 0. The lowest BCUT2D eigenvalue weighted by Gasteiger charge is -2.39. The second-order valence-electron chi connectivity index (χ2n) is 5.99. The summed E-state index contributed by atoms with van der Waals surface area (Å²) in [6.07, 6.45) is 0. The molecule has 0 spiro atoms. The van der Waals surface area contributed by atoms with Crippen molar-refractivity contribution >= 4 is 41.0 Å². The number of halogens is 1. The highest BCUT2D eigenvalue weighted by Crippen LogP contribution is 2.22. The molecule has 0 unspecified atom stereocenters. The van der Waals surface area contributed by atoms with E-state index in [1.165, 1.54) is 4.90 Å². The van der Waals surface area contributed by atoms with E-state index in [1.807, 2.05) is 6.92 Å². The molecular weight excluding hydrogens is 348 g/mol. The number of amides is 5. The van der Waals surface area contributed by atoms with E-state index < -0.39 is 17.8 Å². The molecule has 132 valence electrons. The summed E-state index contributed by atoms with van der Waals surface area (Å²) < 4.78 is 0. The number of nitrogens with one attached hydrogen (secondary N) is 1. The Kier molecular flexibility index (Phi) is 4.63. The van der Waals surface area contributed by atoms with Crippen molar-refractivity contribution in [1.82, 2.24) is 15.1 Å². The first-order valence-electron chi connectivity index (χ1n) is 7.80. The molecule has 0 saturated carbocycles. The summed E-state index contributed by atoms with van der Waals surface area (Å²) in [6.45, 7) is 1.58. The zero-order valence-electron chi connectivity index (χ0n) is 13.6. The quantitative estimate of drug-likeness (QED) is 0.789. The molecule has 0 bridgehead atoms. The van der Waals surface area contributed by atoms with Crippen LogP contribution in [0.1, 0.15) is 6.92 Å². The number of hydrogen-bond acceptors (Lipinski definition) is 4. The van der Waals surface area contributed by atoms with Crippen molar-refractivity contribution < 1.29 is 19.2 Å². The van der Waals surface area contributed by atoms with E-state index in [0.29, 0.717) is 17.3 Å². The number of piperazine rings is 1. The third-order valence-corrected chi connectivity index (χ3v) is 4.53. The van der Waals surface area contributed by atoms with E-state index in [-0.39, 0.29) is 31.6 Å². The molecule has 25 heavy (non-hydrogen) atoms. The highest BCUT2D eigenvalue weighted by Gasteiger charge is 2.36. The van der Waals surface area contributed by atoms with Crippen LogP contribution in [0.15, 0.2) is 24.3 Å². The normalized spacial score (nSPS) is 21.0. The zero-order valence-corrected chi connectivity index (χ0v) is 14.3. The molecule has 2 aliphatic rings. The highest BCUT2D eigenvalue weighted by molar-refractivity contribution is 6.30. The van der Waals surface area contributed by atoms with E-state index >= 15 is 0 Å². The predicted octanol–water partition coefficient (Wildman–Crippen LogP) is 0.456. The first-order valence-corrected chi connectivity index (χ1v) is 8.18. The van der Waals surface area contributed by atoms with Crippen molar-refractivity contribution in [2.24, 2.45) is 0 Å². The molecule has 1 N–H and O–H groups in total. The van der Waals surface area contributed by atoms with Gasteiger partial charge in [0.05, 0.1) is 6.54 Å². The van der Waals surface area contributed by atoms with E-state index in [1.54, 1.807) is 29.2 Å². The molecule has 1 aromatic carbocycles. The molecule has 1 atom stereocenters. The van der Waals surface area contributed by atoms with Gasteiger partial charge in [-0.2, -0.15) is 0 Å². The van der Waals surface area contributed by atoms with Crippen molar-refractivity contribution in [3.05, 3.63) is 29.3 Å². The van der Waals surface area contributed by atoms with Crippen molar-refractivity contribution in [3.8, 4) is 0 Å². The number of imide groups is 1. The molecule has 3 rings (SSSR count). The Morgan fingerprint density at radius 2 is 1.88 bits per heavy atom. The molecule has 2 heterocycles. The molecule has 8 nitrogen and oxygen atoms in total. The number of hydrogen-bond donors (Lipinski definition) is 1. The van der Waals surface area contributed by atoms with Crippen LogP contribution in [0, 0.1) is 0 Å². The van der Waals surface area contributed by atoms with Gasteiger partial charge in [-0.25, -0.2) is 4.79 Å². The Hall–Kier alpha value is -2.61. The summed E-state index contributed by atoms with van der Waals surface area (Å²) >= 11 is 5.86. The minimum Gasteiger partial charge on any atom is -0.329 e. The number of rotatable bonds is 3. The zero-order chi connectivity index (χ0) is 18.1. The van der Waals surface area contributed by atoms with Gasteiger partial charge < -0.3 is 15.1 Å². The van der Waals surface area contributed by atoms with Gasteiger partial charge in [0.15, 0.2) is 0 Å². The molecule has 9 heteroatoms. The van der Waals surface area contributed by atoms with Crippen LogP contribution in [-0.2, 0) is 14.4 Å². The van der Waals surface area contributed by atoms with Crippen LogP contribution >= 0.6 is 11.6 Å². The Morgan fingerprint density at radius 3 is 2.48 bits per heavy atom. The van der Waals surface area contributed by atoms with Crippen LogP contribution in [0.25, 0.3) is 0 Å². The Morgan fingerprint density at radius 1 is 1.20 bits per heavy atom. The SMILES string of the molecule is C[C@H]1CN(c2ccc(Cl)cc2)C(=O)CN1C(=O)CN1C(=O)CNC1=O. The van der Waals surface area contributed by atoms with Gasteiger partial charge in [0, 0.05) is 23.3 Å². The summed E-state index contributed by atoms with van der Waals surface area (Å²) in [5, 5.41) is 2.94. The fraction of sp³-hybridized carbons (Fsp3) is 0.375. The summed E-state index contributed by atoms with van der Waals surface area (Å²) in [5.41, 5.74) is 0.711. The van der Waals surface area contributed by atoms with Gasteiger partial charge in [0.25, 0.3) is 5.91 Å². The highest BCUT2D eigenvalue weighted by atomic mass is 35.5. The van der Waals surface area contributed by atoms with Gasteiger partial charge in [-0.3, -0.25) is 19.3 Å². The average Bonchev–Trinajstić information content (AvgIpc) is 2.89. The molecule has 2 aliphatic heterocycles. The minimum atomic E-state index is -0.586. The summed E-state index contributed by atoms with van der Waals surface area (Å²) in [6, 6.07) is 6.06. The van der Waals surface area contributed by atoms with Crippen LogP contribution in [0.5, 0.6) is 0 Å². The molecular formula is C16H17ClN4O4. The third kappa shape index (κ3) is 3.43. The largest absolute Gasteiger partial charge is 0.329 e. The molecule has 0 radical (unpaired) electrons. The van der Waals surface area contributed by atoms with E-state index in [0.717, 1.165) is 4.90 Å². The second-order valence-corrected chi connectivity index (χ2v) is 6.43. The maximum atomic E-state index is 12.5. The van der Waals surface area contributed by atoms with Gasteiger partial charge >= 0.3 is 6.03 Å². The van der Waals surface area contributed by atoms with Crippen LogP contribution in [-0.4, -0.2) is 65.8 Å². The molecule has 2 saturated heterocycles. The van der Waals surface area contributed by atoms with Gasteiger partial charge in [0.2, 0.25) is 11.8 Å².